The van der Waals surface area contributed by atoms with Crippen LogP contribution in [0.5, 0.6) is 23.0 Å². The van der Waals surface area contributed by atoms with Gasteiger partial charge >= 0.3 is 0 Å². The van der Waals surface area contributed by atoms with Gasteiger partial charge in [-0.25, -0.2) is 0 Å². The van der Waals surface area contributed by atoms with Gasteiger partial charge < -0.3 is 24.3 Å². The Morgan fingerprint density at radius 3 is 2.21 bits per heavy atom. The van der Waals surface area contributed by atoms with Crippen molar-refractivity contribution in [3.63, 3.8) is 0 Å². The molecule has 5 nitrogen and oxygen atoms in total. The van der Waals surface area contributed by atoms with Crippen molar-refractivity contribution in [1.82, 2.24) is 5.32 Å². The van der Waals surface area contributed by atoms with Crippen molar-refractivity contribution in [2.45, 2.75) is 45.6 Å². The van der Waals surface area contributed by atoms with Gasteiger partial charge in [0.05, 0.1) is 0 Å². The Morgan fingerprint density at radius 1 is 0.786 bits per heavy atom. The molecule has 2 aliphatic heterocycles. The van der Waals surface area contributed by atoms with E-state index in [0.29, 0.717) is 25.4 Å². The van der Waals surface area contributed by atoms with Gasteiger partial charge in [0.1, 0.15) is 0 Å². The summed E-state index contributed by atoms with van der Waals surface area (Å²) in [5.41, 5.74) is 2.56. The van der Waals surface area contributed by atoms with E-state index in [-0.39, 0.29) is 0 Å². The molecule has 0 bridgehead atoms. The summed E-state index contributed by atoms with van der Waals surface area (Å²) in [5.74, 6) is 4.63. The molecule has 150 valence electrons. The number of ether oxygens (including phenoxy) is 4. The second-order valence-electron chi connectivity index (χ2n) is 7.93. The van der Waals surface area contributed by atoms with Gasteiger partial charge in [0.15, 0.2) is 23.0 Å². The molecule has 2 aliphatic rings. The molecule has 0 radical (unpaired) electrons. The number of hydrogen-bond donors (Lipinski definition) is 1. The van der Waals surface area contributed by atoms with Crippen LogP contribution in [0, 0.1) is 5.92 Å². The van der Waals surface area contributed by atoms with Crippen molar-refractivity contribution < 1.29 is 18.9 Å². The lowest BCUT2D eigenvalue weighted by molar-refractivity contribution is 0.173. The molecular formula is C23H29NO4. The summed E-state index contributed by atoms with van der Waals surface area (Å²) in [7, 11) is 0. The molecule has 2 aromatic rings. The topological polar surface area (TPSA) is 49.0 Å². The van der Waals surface area contributed by atoms with E-state index in [0.717, 1.165) is 42.5 Å². The van der Waals surface area contributed by atoms with Crippen molar-refractivity contribution in [1.29, 1.82) is 0 Å². The quantitative estimate of drug-likeness (QED) is 0.628. The maximum atomic E-state index is 5.57. The van der Waals surface area contributed by atoms with Crippen LogP contribution in [0.1, 0.15) is 50.2 Å². The Balaban J connectivity index is 1.33. The minimum Gasteiger partial charge on any atom is -0.454 e. The first-order chi connectivity index (χ1) is 13.7. The summed E-state index contributed by atoms with van der Waals surface area (Å²) >= 11 is 0. The fourth-order valence-electron chi connectivity index (χ4n) is 3.74. The largest absolute Gasteiger partial charge is 0.454 e. The minimum absolute atomic E-state index is 0.319. The third-order valence-corrected chi connectivity index (χ3v) is 5.40. The fraction of sp³-hybridized carbons (Fsp3) is 0.478. The summed E-state index contributed by atoms with van der Waals surface area (Å²) < 4.78 is 21.9. The molecule has 0 saturated carbocycles. The van der Waals surface area contributed by atoms with E-state index in [1.807, 2.05) is 12.1 Å². The molecule has 1 atom stereocenters. The molecule has 0 unspecified atom stereocenters. The van der Waals surface area contributed by atoms with Crippen molar-refractivity contribution >= 4 is 0 Å². The minimum atomic E-state index is 0.319. The Bertz CT molecular complexity index is 805. The predicted octanol–water partition coefficient (Wildman–Crippen LogP) is 4.84. The molecular weight excluding hydrogens is 354 g/mol. The van der Waals surface area contributed by atoms with Gasteiger partial charge in [-0.05, 0) is 66.6 Å². The van der Waals surface area contributed by atoms with Crippen molar-refractivity contribution in [2.24, 2.45) is 5.92 Å². The van der Waals surface area contributed by atoms with Crippen LogP contribution >= 0.6 is 0 Å². The van der Waals surface area contributed by atoms with E-state index in [2.05, 4.69) is 43.4 Å². The van der Waals surface area contributed by atoms with Crippen LogP contribution < -0.4 is 24.3 Å². The molecule has 5 heteroatoms. The third-order valence-electron chi connectivity index (χ3n) is 5.40. The number of nitrogens with one attached hydrogen (secondary N) is 1. The molecule has 4 rings (SSSR count). The van der Waals surface area contributed by atoms with Crippen LogP contribution in [0.3, 0.4) is 0 Å². The lowest BCUT2D eigenvalue weighted by Gasteiger charge is -2.19. The molecule has 2 heterocycles. The molecule has 0 amide bonds. The van der Waals surface area contributed by atoms with Crippen molar-refractivity contribution in [3.05, 3.63) is 47.5 Å². The van der Waals surface area contributed by atoms with E-state index in [1.165, 1.54) is 24.0 Å². The van der Waals surface area contributed by atoms with Gasteiger partial charge in [-0.15, -0.1) is 0 Å². The van der Waals surface area contributed by atoms with Gasteiger partial charge in [-0.1, -0.05) is 32.4 Å². The SMILES string of the molecule is CC(C)CC[C@@H](CCNCc1ccc2c(c1)OCO2)c1ccc2c(c1)OCO2. The molecule has 28 heavy (non-hydrogen) atoms. The Kier molecular flexibility index (Phi) is 5.91. The molecule has 0 aromatic heterocycles. The maximum Gasteiger partial charge on any atom is 0.231 e. The number of fused-ring (bicyclic) bond motifs is 2. The lowest BCUT2D eigenvalue weighted by Crippen LogP contribution is -2.17. The summed E-state index contributed by atoms with van der Waals surface area (Å²) in [5, 5.41) is 3.58. The number of hydrogen-bond acceptors (Lipinski definition) is 5. The van der Waals surface area contributed by atoms with Crippen LogP contribution in [-0.4, -0.2) is 20.1 Å². The van der Waals surface area contributed by atoms with Crippen LogP contribution in [-0.2, 0) is 6.54 Å². The van der Waals surface area contributed by atoms with Gasteiger partial charge in [0.25, 0.3) is 0 Å². The summed E-state index contributed by atoms with van der Waals surface area (Å²) in [6, 6.07) is 12.5. The second-order valence-corrected chi connectivity index (χ2v) is 7.93. The zero-order chi connectivity index (χ0) is 19.3. The smallest absolute Gasteiger partial charge is 0.231 e. The summed E-state index contributed by atoms with van der Waals surface area (Å²) in [4.78, 5) is 0. The Hall–Kier alpha value is -2.40. The fourth-order valence-corrected chi connectivity index (χ4v) is 3.74. The van der Waals surface area contributed by atoms with Crippen LogP contribution in [0.15, 0.2) is 36.4 Å². The van der Waals surface area contributed by atoms with E-state index in [1.54, 1.807) is 0 Å². The first kappa shape index (κ1) is 18.9. The molecule has 1 N–H and O–H groups in total. The Morgan fingerprint density at radius 2 is 1.46 bits per heavy atom. The van der Waals surface area contributed by atoms with Crippen LogP contribution in [0.25, 0.3) is 0 Å². The molecule has 0 saturated heterocycles. The zero-order valence-corrected chi connectivity index (χ0v) is 16.7. The van der Waals surface area contributed by atoms with E-state index in [9.17, 15) is 0 Å². The number of rotatable bonds is 9. The van der Waals surface area contributed by atoms with Crippen molar-refractivity contribution in [2.75, 3.05) is 20.1 Å². The predicted molar refractivity (Wildman–Crippen MR) is 108 cm³/mol. The Labute approximate surface area is 166 Å². The highest BCUT2D eigenvalue weighted by Gasteiger charge is 2.18. The first-order valence-electron chi connectivity index (χ1n) is 10.2. The first-order valence-corrected chi connectivity index (χ1v) is 10.2. The molecule has 2 aromatic carbocycles. The third kappa shape index (κ3) is 4.53. The maximum absolute atomic E-state index is 5.57. The van der Waals surface area contributed by atoms with Gasteiger partial charge in [-0.3, -0.25) is 0 Å². The monoisotopic (exact) mass is 383 g/mol. The average molecular weight is 383 g/mol. The summed E-state index contributed by atoms with van der Waals surface area (Å²) in [6.45, 7) is 7.01. The molecule has 0 fully saturated rings. The highest BCUT2D eigenvalue weighted by atomic mass is 16.7. The second kappa shape index (κ2) is 8.74. The molecule has 0 spiro atoms. The van der Waals surface area contributed by atoms with E-state index in [4.69, 9.17) is 18.9 Å². The van der Waals surface area contributed by atoms with Crippen molar-refractivity contribution in [3.8, 4) is 23.0 Å². The van der Waals surface area contributed by atoms with E-state index < -0.39 is 0 Å². The lowest BCUT2D eigenvalue weighted by atomic mass is 9.88. The average Bonchev–Trinajstić information content (AvgIpc) is 3.35. The molecule has 0 aliphatic carbocycles. The van der Waals surface area contributed by atoms with Gasteiger partial charge in [0.2, 0.25) is 13.6 Å². The highest BCUT2D eigenvalue weighted by molar-refractivity contribution is 5.46. The standard InChI is InChI=1S/C23H29NO4/c1-16(2)3-5-18(19-6-8-21-23(12-19)28-15-26-21)9-10-24-13-17-4-7-20-22(11-17)27-14-25-20/h4,6-8,11-12,16,18,24H,3,5,9-10,13-15H2,1-2H3/t18-/m0/s1. The van der Waals surface area contributed by atoms with Gasteiger partial charge in [-0.2, -0.15) is 0 Å². The van der Waals surface area contributed by atoms with Crippen LogP contribution in [0.2, 0.25) is 0 Å². The summed E-state index contributed by atoms with van der Waals surface area (Å²) in [6.07, 6.45) is 3.50. The normalized spacial score (nSPS) is 15.2. The van der Waals surface area contributed by atoms with Crippen LogP contribution in [0.4, 0.5) is 0 Å². The number of benzene rings is 2. The van der Waals surface area contributed by atoms with E-state index >= 15 is 0 Å². The highest BCUT2D eigenvalue weighted by Crippen LogP contribution is 2.37. The zero-order valence-electron chi connectivity index (χ0n) is 16.7. The van der Waals surface area contributed by atoms with Gasteiger partial charge in [0, 0.05) is 6.54 Å².